The third-order valence-corrected chi connectivity index (χ3v) is 2.40. The van der Waals surface area contributed by atoms with Crippen molar-refractivity contribution in [3.8, 4) is 11.3 Å². The summed E-state index contributed by atoms with van der Waals surface area (Å²) in [7, 11) is 3.60. The van der Waals surface area contributed by atoms with Crippen molar-refractivity contribution >= 4 is 0 Å². The first-order valence-corrected chi connectivity index (χ1v) is 5.00. The van der Waals surface area contributed by atoms with Gasteiger partial charge in [-0.1, -0.05) is 11.3 Å². The fourth-order valence-electron chi connectivity index (χ4n) is 1.62. The zero-order chi connectivity index (χ0) is 11.5. The molecular formula is C11H13FN4. The summed E-state index contributed by atoms with van der Waals surface area (Å²) in [6.07, 6.45) is 1.56. The van der Waals surface area contributed by atoms with Crippen LogP contribution in [0.25, 0.3) is 11.3 Å². The quantitative estimate of drug-likeness (QED) is 0.848. The third kappa shape index (κ3) is 1.94. The van der Waals surface area contributed by atoms with Gasteiger partial charge in [-0.2, -0.15) is 0 Å². The highest BCUT2D eigenvalue weighted by molar-refractivity contribution is 5.60. The number of hydrogen-bond donors (Lipinski definition) is 1. The summed E-state index contributed by atoms with van der Waals surface area (Å²) in [6.45, 7) is 0.707. The molecular weight excluding hydrogens is 207 g/mol. The second-order valence-corrected chi connectivity index (χ2v) is 3.59. The Morgan fingerprint density at radius 3 is 2.88 bits per heavy atom. The SMILES string of the molecule is CNCc1ccc(F)c(-c2cnnn2C)c1. The fourth-order valence-corrected chi connectivity index (χ4v) is 1.62. The normalized spacial score (nSPS) is 10.7. The molecule has 1 aromatic heterocycles. The number of benzene rings is 1. The van der Waals surface area contributed by atoms with E-state index in [2.05, 4.69) is 15.6 Å². The molecule has 0 saturated heterocycles. The molecule has 0 spiro atoms. The van der Waals surface area contributed by atoms with Gasteiger partial charge in [-0.05, 0) is 24.7 Å². The molecule has 0 aliphatic heterocycles. The molecule has 16 heavy (non-hydrogen) atoms. The summed E-state index contributed by atoms with van der Waals surface area (Å²) < 4.78 is 15.2. The smallest absolute Gasteiger partial charge is 0.132 e. The number of rotatable bonds is 3. The summed E-state index contributed by atoms with van der Waals surface area (Å²) in [5.41, 5.74) is 2.23. The Kier molecular flexibility index (Phi) is 2.96. The van der Waals surface area contributed by atoms with Crippen LogP contribution in [0.4, 0.5) is 4.39 Å². The summed E-state index contributed by atoms with van der Waals surface area (Å²) in [5, 5.41) is 10.6. The van der Waals surface area contributed by atoms with Crippen LogP contribution in [0.2, 0.25) is 0 Å². The number of aromatic nitrogens is 3. The first-order valence-electron chi connectivity index (χ1n) is 5.00. The lowest BCUT2D eigenvalue weighted by Gasteiger charge is -2.06. The van der Waals surface area contributed by atoms with Crippen LogP contribution in [0, 0.1) is 5.82 Å². The lowest BCUT2D eigenvalue weighted by atomic mass is 10.1. The minimum atomic E-state index is -0.259. The molecule has 0 fully saturated rings. The summed E-state index contributed by atoms with van der Waals surface area (Å²) >= 11 is 0. The van der Waals surface area contributed by atoms with Crippen LogP contribution >= 0.6 is 0 Å². The summed E-state index contributed by atoms with van der Waals surface area (Å²) in [6, 6.07) is 5.04. The first kappa shape index (κ1) is 10.8. The zero-order valence-corrected chi connectivity index (χ0v) is 9.24. The average molecular weight is 220 g/mol. The van der Waals surface area contributed by atoms with Gasteiger partial charge in [0.05, 0.1) is 11.9 Å². The molecule has 0 unspecified atom stereocenters. The highest BCUT2D eigenvalue weighted by Crippen LogP contribution is 2.22. The Balaban J connectivity index is 2.47. The largest absolute Gasteiger partial charge is 0.316 e. The minimum Gasteiger partial charge on any atom is -0.316 e. The van der Waals surface area contributed by atoms with Gasteiger partial charge in [-0.15, -0.1) is 5.10 Å². The van der Waals surface area contributed by atoms with Gasteiger partial charge in [0, 0.05) is 19.2 Å². The first-order chi connectivity index (χ1) is 7.72. The van der Waals surface area contributed by atoms with Crippen molar-refractivity contribution in [2.24, 2.45) is 7.05 Å². The van der Waals surface area contributed by atoms with Gasteiger partial charge < -0.3 is 5.32 Å². The molecule has 5 heteroatoms. The van der Waals surface area contributed by atoms with E-state index < -0.39 is 0 Å². The Morgan fingerprint density at radius 2 is 2.25 bits per heavy atom. The molecule has 2 rings (SSSR count). The Hall–Kier alpha value is -1.75. The number of nitrogens with one attached hydrogen (secondary N) is 1. The average Bonchev–Trinajstić information content (AvgIpc) is 2.68. The maximum absolute atomic E-state index is 13.7. The molecule has 0 atom stereocenters. The van der Waals surface area contributed by atoms with E-state index >= 15 is 0 Å². The molecule has 0 amide bonds. The van der Waals surface area contributed by atoms with Crippen molar-refractivity contribution in [1.29, 1.82) is 0 Å². The van der Waals surface area contributed by atoms with E-state index in [4.69, 9.17) is 0 Å². The van der Waals surface area contributed by atoms with Crippen LogP contribution in [0.3, 0.4) is 0 Å². The van der Waals surface area contributed by atoms with E-state index in [1.807, 2.05) is 13.1 Å². The van der Waals surface area contributed by atoms with Crippen molar-refractivity contribution < 1.29 is 4.39 Å². The van der Waals surface area contributed by atoms with Gasteiger partial charge in [0.2, 0.25) is 0 Å². The molecule has 0 bridgehead atoms. The molecule has 1 heterocycles. The van der Waals surface area contributed by atoms with E-state index in [0.717, 1.165) is 5.56 Å². The third-order valence-electron chi connectivity index (χ3n) is 2.40. The number of aryl methyl sites for hydroxylation is 1. The van der Waals surface area contributed by atoms with Gasteiger partial charge in [-0.25, -0.2) is 9.07 Å². The van der Waals surface area contributed by atoms with Crippen LogP contribution in [-0.2, 0) is 13.6 Å². The van der Waals surface area contributed by atoms with Crippen LogP contribution < -0.4 is 5.32 Å². The Bertz CT molecular complexity index is 492. The van der Waals surface area contributed by atoms with E-state index in [9.17, 15) is 4.39 Å². The van der Waals surface area contributed by atoms with Crippen LogP contribution in [-0.4, -0.2) is 22.0 Å². The topological polar surface area (TPSA) is 42.7 Å². The van der Waals surface area contributed by atoms with Crippen molar-refractivity contribution in [3.05, 3.63) is 35.8 Å². The molecule has 0 aliphatic rings. The van der Waals surface area contributed by atoms with Gasteiger partial charge in [-0.3, -0.25) is 0 Å². The standard InChI is InChI=1S/C11H13FN4/c1-13-6-8-3-4-10(12)9(5-8)11-7-14-15-16(11)2/h3-5,7,13H,6H2,1-2H3. The van der Waals surface area contributed by atoms with Gasteiger partial charge in [0.15, 0.2) is 0 Å². The van der Waals surface area contributed by atoms with Crippen LogP contribution in [0.1, 0.15) is 5.56 Å². The molecule has 0 radical (unpaired) electrons. The maximum atomic E-state index is 13.7. The monoisotopic (exact) mass is 220 g/mol. The highest BCUT2D eigenvalue weighted by atomic mass is 19.1. The summed E-state index contributed by atoms with van der Waals surface area (Å²) in [5.74, 6) is -0.259. The molecule has 2 aromatic rings. The fraction of sp³-hybridized carbons (Fsp3) is 0.273. The minimum absolute atomic E-state index is 0.259. The lowest BCUT2D eigenvalue weighted by molar-refractivity contribution is 0.626. The van der Waals surface area contributed by atoms with Crippen molar-refractivity contribution in [2.75, 3.05) is 7.05 Å². The molecule has 0 saturated carbocycles. The Labute approximate surface area is 93.1 Å². The Morgan fingerprint density at radius 1 is 1.44 bits per heavy atom. The van der Waals surface area contributed by atoms with E-state index in [-0.39, 0.29) is 5.82 Å². The number of hydrogen-bond acceptors (Lipinski definition) is 3. The van der Waals surface area contributed by atoms with Gasteiger partial charge in [0.1, 0.15) is 5.82 Å². The van der Waals surface area contributed by atoms with Crippen LogP contribution in [0.5, 0.6) is 0 Å². The van der Waals surface area contributed by atoms with Crippen molar-refractivity contribution in [2.45, 2.75) is 6.54 Å². The second kappa shape index (κ2) is 4.40. The number of halogens is 1. The molecule has 1 aromatic carbocycles. The van der Waals surface area contributed by atoms with Crippen LogP contribution in [0.15, 0.2) is 24.4 Å². The van der Waals surface area contributed by atoms with E-state index in [0.29, 0.717) is 17.8 Å². The molecule has 84 valence electrons. The molecule has 0 aliphatic carbocycles. The van der Waals surface area contributed by atoms with Gasteiger partial charge in [0.25, 0.3) is 0 Å². The van der Waals surface area contributed by atoms with E-state index in [1.165, 1.54) is 6.07 Å². The van der Waals surface area contributed by atoms with Gasteiger partial charge >= 0.3 is 0 Å². The van der Waals surface area contributed by atoms with Crippen molar-refractivity contribution in [1.82, 2.24) is 20.3 Å². The lowest BCUT2D eigenvalue weighted by Crippen LogP contribution is -2.05. The molecule has 1 N–H and O–H groups in total. The maximum Gasteiger partial charge on any atom is 0.132 e. The predicted octanol–water partition coefficient (Wildman–Crippen LogP) is 1.34. The van der Waals surface area contributed by atoms with E-state index in [1.54, 1.807) is 24.0 Å². The number of nitrogens with zero attached hydrogens (tertiary/aromatic N) is 3. The summed E-state index contributed by atoms with van der Waals surface area (Å²) in [4.78, 5) is 0. The van der Waals surface area contributed by atoms with Crippen molar-refractivity contribution in [3.63, 3.8) is 0 Å². The highest BCUT2D eigenvalue weighted by Gasteiger charge is 2.10. The zero-order valence-electron chi connectivity index (χ0n) is 9.24. The molecule has 4 nitrogen and oxygen atoms in total. The predicted molar refractivity (Wildman–Crippen MR) is 59.2 cm³/mol. The second-order valence-electron chi connectivity index (χ2n) is 3.59.